The van der Waals surface area contributed by atoms with E-state index in [1.54, 1.807) is 18.0 Å². The maximum absolute atomic E-state index is 13.1. The van der Waals surface area contributed by atoms with E-state index in [1.807, 2.05) is 29.2 Å². The van der Waals surface area contributed by atoms with Crippen LogP contribution >= 0.6 is 0 Å². The summed E-state index contributed by atoms with van der Waals surface area (Å²) >= 11 is 0. The average molecular weight is 357 g/mol. The van der Waals surface area contributed by atoms with E-state index in [9.17, 15) is 4.79 Å². The number of hydrogen-bond donors (Lipinski definition) is 1. The van der Waals surface area contributed by atoms with E-state index < -0.39 is 0 Å². The Kier molecular flexibility index (Phi) is 5.88. The van der Waals surface area contributed by atoms with E-state index in [0.717, 1.165) is 30.8 Å². The number of carbonyl (C=O) groups is 1. The van der Waals surface area contributed by atoms with Crippen molar-refractivity contribution in [1.29, 1.82) is 0 Å². The van der Waals surface area contributed by atoms with Crippen molar-refractivity contribution < 1.29 is 9.53 Å². The van der Waals surface area contributed by atoms with Crippen molar-refractivity contribution in [1.82, 2.24) is 25.2 Å². The van der Waals surface area contributed by atoms with Crippen LogP contribution in [0.2, 0.25) is 0 Å². The van der Waals surface area contributed by atoms with E-state index in [4.69, 9.17) is 4.74 Å². The fourth-order valence-corrected chi connectivity index (χ4v) is 3.21. The van der Waals surface area contributed by atoms with E-state index in [1.165, 1.54) is 0 Å². The summed E-state index contributed by atoms with van der Waals surface area (Å²) in [5.74, 6) is 1.29. The van der Waals surface area contributed by atoms with Crippen molar-refractivity contribution in [3.63, 3.8) is 0 Å². The molecule has 1 aromatic heterocycles. The Balaban J connectivity index is 1.80. The molecule has 0 bridgehead atoms. The van der Waals surface area contributed by atoms with Crippen molar-refractivity contribution >= 4 is 5.91 Å². The standard InChI is InChI=1S/C19H27N5O2/c1-14(2)8-10-23-13-16(21-22-23)19(25)24-11-9-20-12-17(24)15-6-4-5-7-18(15)26-3/h4-7,13-14,17,20H,8-12H2,1-3H3. The lowest BCUT2D eigenvalue weighted by Crippen LogP contribution is -2.48. The van der Waals surface area contributed by atoms with Gasteiger partial charge in [-0.15, -0.1) is 5.10 Å². The van der Waals surface area contributed by atoms with Gasteiger partial charge in [0.1, 0.15) is 5.75 Å². The highest BCUT2D eigenvalue weighted by molar-refractivity contribution is 5.92. The molecule has 1 aliphatic rings. The number of piperazine rings is 1. The van der Waals surface area contributed by atoms with Gasteiger partial charge in [-0.25, -0.2) is 0 Å². The van der Waals surface area contributed by atoms with Crippen LogP contribution < -0.4 is 10.1 Å². The number of nitrogens with zero attached hydrogens (tertiary/aromatic N) is 4. The number of hydrogen-bond acceptors (Lipinski definition) is 5. The van der Waals surface area contributed by atoms with Crippen LogP contribution in [0.15, 0.2) is 30.5 Å². The van der Waals surface area contributed by atoms with E-state index in [0.29, 0.717) is 24.7 Å². The molecule has 0 aliphatic carbocycles. The lowest BCUT2D eigenvalue weighted by atomic mass is 10.0. The minimum absolute atomic E-state index is 0.0850. The number of benzene rings is 1. The van der Waals surface area contributed by atoms with Gasteiger partial charge in [-0.2, -0.15) is 0 Å². The fourth-order valence-electron chi connectivity index (χ4n) is 3.21. The lowest BCUT2D eigenvalue weighted by Gasteiger charge is -2.36. The molecule has 1 aliphatic heterocycles. The predicted molar refractivity (Wildman–Crippen MR) is 99.1 cm³/mol. The number of rotatable bonds is 6. The number of ether oxygens (including phenoxy) is 1. The molecular formula is C19H27N5O2. The molecule has 3 rings (SSSR count). The normalized spacial score (nSPS) is 17.5. The molecule has 1 N–H and O–H groups in total. The molecule has 2 aromatic rings. The summed E-state index contributed by atoms with van der Waals surface area (Å²) in [5.41, 5.74) is 1.40. The Labute approximate surface area is 154 Å². The van der Waals surface area contributed by atoms with Gasteiger partial charge in [-0.05, 0) is 18.4 Å². The lowest BCUT2D eigenvalue weighted by molar-refractivity contribution is 0.0625. The largest absolute Gasteiger partial charge is 0.496 e. The van der Waals surface area contributed by atoms with Crippen molar-refractivity contribution in [2.45, 2.75) is 32.9 Å². The highest BCUT2D eigenvalue weighted by atomic mass is 16.5. The Morgan fingerprint density at radius 2 is 2.19 bits per heavy atom. The molecule has 1 fully saturated rings. The number of amides is 1. The molecule has 7 nitrogen and oxygen atoms in total. The third-order valence-corrected chi connectivity index (χ3v) is 4.70. The van der Waals surface area contributed by atoms with E-state index in [2.05, 4.69) is 29.5 Å². The summed E-state index contributed by atoms with van der Waals surface area (Å²) in [6.45, 7) is 7.19. The molecular weight excluding hydrogens is 330 g/mol. The van der Waals surface area contributed by atoms with E-state index >= 15 is 0 Å². The molecule has 0 spiro atoms. The minimum Gasteiger partial charge on any atom is -0.496 e. The Morgan fingerprint density at radius 3 is 2.96 bits per heavy atom. The van der Waals surface area contributed by atoms with Gasteiger partial charge in [-0.3, -0.25) is 9.48 Å². The van der Waals surface area contributed by atoms with Gasteiger partial charge in [0.05, 0.1) is 19.3 Å². The summed E-state index contributed by atoms with van der Waals surface area (Å²) in [4.78, 5) is 14.9. The van der Waals surface area contributed by atoms with E-state index in [-0.39, 0.29) is 11.9 Å². The number of para-hydroxylation sites is 1. The van der Waals surface area contributed by atoms with Gasteiger partial charge in [0, 0.05) is 31.7 Å². The van der Waals surface area contributed by atoms with Gasteiger partial charge >= 0.3 is 0 Å². The van der Waals surface area contributed by atoms with Crippen LogP contribution in [-0.4, -0.2) is 52.5 Å². The second-order valence-electron chi connectivity index (χ2n) is 7.01. The molecule has 140 valence electrons. The molecule has 2 heterocycles. The monoisotopic (exact) mass is 357 g/mol. The fraction of sp³-hybridized carbons (Fsp3) is 0.526. The molecule has 1 aromatic carbocycles. The average Bonchev–Trinajstić information content (AvgIpc) is 3.15. The summed E-state index contributed by atoms with van der Waals surface area (Å²) in [6, 6.07) is 7.75. The van der Waals surface area contributed by atoms with Crippen LogP contribution in [0.5, 0.6) is 5.75 Å². The van der Waals surface area contributed by atoms with Gasteiger partial charge in [0.15, 0.2) is 5.69 Å². The van der Waals surface area contributed by atoms with Crippen molar-refractivity contribution in [3.05, 3.63) is 41.7 Å². The second-order valence-corrected chi connectivity index (χ2v) is 7.01. The first-order valence-electron chi connectivity index (χ1n) is 9.15. The van der Waals surface area contributed by atoms with Crippen LogP contribution in [0.1, 0.15) is 42.4 Å². The van der Waals surface area contributed by atoms with Gasteiger partial charge in [0.25, 0.3) is 5.91 Å². The maximum Gasteiger partial charge on any atom is 0.276 e. The topological polar surface area (TPSA) is 72.3 Å². The summed E-state index contributed by atoms with van der Waals surface area (Å²) in [6.07, 6.45) is 2.76. The number of methoxy groups -OCH3 is 1. The number of carbonyl (C=O) groups excluding carboxylic acids is 1. The third kappa shape index (κ3) is 4.04. The second kappa shape index (κ2) is 8.31. The molecule has 0 saturated carbocycles. The van der Waals surface area contributed by atoms with Crippen molar-refractivity contribution in [3.8, 4) is 5.75 Å². The summed E-state index contributed by atoms with van der Waals surface area (Å²) in [7, 11) is 1.65. The number of aromatic nitrogens is 3. The Hall–Kier alpha value is -2.41. The molecule has 1 amide bonds. The molecule has 26 heavy (non-hydrogen) atoms. The third-order valence-electron chi connectivity index (χ3n) is 4.70. The SMILES string of the molecule is COc1ccccc1C1CNCCN1C(=O)c1cn(CCC(C)C)nn1. The highest BCUT2D eigenvalue weighted by Gasteiger charge is 2.31. The highest BCUT2D eigenvalue weighted by Crippen LogP contribution is 2.30. The van der Waals surface area contributed by atoms with Crippen LogP contribution in [0.4, 0.5) is 0 Å². The van der Waals surface area contributed by atoms with Crippen molar-refractivity contribution in [2.75, 3.05) is 26.7 Å². The summed E-state index contributed by atoms with van der Waals surface area (Å²) in [5, 5.41) is 11.6. The first kappa shape index (κ1) is 18.4. The zero-order chi connectivity index (χ0) is 18.5. The van der Waals surface area contributed by atoms with Gasteiger partial charge in [-0.1, -0.05) is 37.3 Å². The zero-order valence-electron chi connectivity index (χ0n) is 15.7. The van der Waals surface area contributed by atoms with Gasteiger partial charge < -0.3 is 15.0 Å². The Bertz CT molecular complexity index is 743. The quantitative estimate of drug-likeness (QED) is 0.857. The van der Waals surface area contributed by atoms with Gasteiger partial charge in [0.2, 0.25) is 0 Å². The smallest absolute Gasteiger partial charge is 0.276 e. The van der Waals surface area contributed by atoms with Crippen molar-refractivity contribution in [2.24, 2.45) is 5.92 Å². The van der Waals surface area contributed by atoms with Crippen LogP contribution in [0.3, 0.4) is 0 Å². The predicted octanol–water partition coefficient (Wildman–Crippen LogP) is 2.12. The summed E-state index contributed by atoms with van der Waals surface area (Å²) < 4.78 is 7.25. The van der Waals surface area contributed by atoms with Crippen LogP contribution in [-0.2, 0) is 6.54 Å². The minimum atomic E-state index is -0.0896. The molecule has 1 saturated heterocycles. The molecule has 1 atom stereocenters. The molecule has 7 heteroatoms. The number of nitrogens with one attached hydrogen (secondary N) is 1. The maximum atomic E-state index is 13.1. The molecule has 0 radical (unpaired) electrons. The van der Waals surface area contributed by atoms with Crippen LogP contribution in [0.25, 0.3) is 0 Å². The zero-order valence-corrected chi connectivity index (χ0v) is 15.7. The first-order valence-corrected chi connectivity index (χ1v) is 9.15. The number of aryl methyl sites for hydroxylation is 1. The van der Waals surface area contributed by atoms with Crippen LogP contribution in [0, 0.1) is 5.92 Å². The Morgan fingerprint density at radius 1 is 1.38 bits per heavy atom. The first-order chi connectivity index (χ1) is 12.6. The molecule has 1 unspecified atom stereocenters.